The summed E-state index contributed by atoms with van der Waals surface area (Å²) >= 11 is 16.7. The number of thiol groups is 4. The van der Waals surface area contributed by atoms with E-state index in [4.69, 9.17) is 9.47 Å². The van der Waals surface area contributed by atoms with Crippen LogP contribution in [0, 0.1) is 11.8 Å². The molecule has 2 bridgehead atoms. The zero-order chi connectivity index (χ0) is 18.7. The summed E-state index contributed by atoms with van der Waals surface area (Å²) in [5.41, 5.74) is -1.09. The van der Waals surface area contributed by atoms with E-state index >= 15 is 0 Å². The van der Waals surface area contributed by atoms with Crippen molar-refractivity contribution in [3.05, 3.63) is 0 Å². The molecule has 2 amide bonds. The number of alkyl carbamates (subject to hydrolysis) is 2. The van der Waals surface area contributed by atoms with Crippen LogP contribution >= 0.6 is 50.5 Å². The number of hydrogen-bond acceptors (Lipinski definition) is 8. The van der Waals surface area contributed by atoms with Crippen molar-refractivity contribution < 1.29 is 19.1 Å². The molecule has 0 heterocycles. The second kappa shape index (κ2) is 9.23. The number of nitrogens with one attached hydrogen (secondary N) is 2. The van der Waals surface area contributed by atoms with E-state index in [-0.39, 0.29) is 22.6 Å². The Morgan fingerprint density at radius 3 is 1.44 bits per heavy atom. The smallest absolute Gasteiger partial charge is 0.408 e. The number of fused-ring (bicyclic) bond motifs is 2. The van der Waals surface area contributed by atoms with Gasteiger partial charge in [-0.3, -0.25) is 0 Å². The normalized spacial score (nSPS) is 32.4. The first-order valence-electron chi connectivity index (χ1n) is 8.34. The lowest BCUT2D eigenvalue weighted by Crippen LogP contribution is -2.46. The van der Waals surface area contributed by atoms with E-state index < -0.39 is 23.1 Å². The number of hydrogen-bond donors (Lipinski definition) is 6. The van der Waals surface area contributed by atoms with E-state index in [0.717, 1.165) is 19.3 Å². The minimum absolute atomic E-state index is 0.0671. The molecule has 2 aliphatic rings. The first-order valence-corrected chi connectivity index (χ1v) is 10.4. The number of ether oxygens (including phenoxy) is 2. The Balaban J connectivity index is 1.75. The van der Waals surface area contributed by atoms with E-state index in [1.54, 1.807) is 0 Å². The summed E-state index contributed by atoms with van der Waals surface area (Å²) in [7, 11) is 0. The summed E-state index contributed by atoms with van der Waals surface area (Å²) in [6.45, 7) is 3.62. The van der Waals surface area contributed by atoms with Crippen LogP contribution in [-0.2, 0) is 9.47 Å². The summed E-state index contributed by atoms with van der Waals surface area (Å²) in [6, 6.07) is 0.134. The van der Waals surface area contributed by atoms with Crippen LogP contribution in [-0.4, -0.2) is 45.6 Å². The molecule has 8 unspecified atom stereocenters. The molecule has 10 heteroatoms. The van der Waals surface area contributed by atoms with Gasteiger partial charge in [-0.15, -0.1) is 25.3 Å². The maximum atomic E-state index is 11.9. The monoisotopic (exact) mass is 426 g/mol. The van der Waals surface area contributed by atoms with Crippen LogP contribution in [0.1, 0.15) is 33.1 Å². The molecule has 2 N–H and O–H groups in total. The van der Waals surface area contributed by atoms with Crippen LogP contribution in [0.5, 0.6) is 0 Å². The van der Waals surface area contributed by atoms with Gasteiger partial charge in [0.1, 0.15) is 0 Å². The Morgan fingerprint density at radius 1 is 0.800 bits per heavy atom. The molecule has 25 heavy (non-hydrogen) atoms. The van der Waals surface area contributed by atoms with Gasteiger partial charge in [-0.1, -0.05) is 0 Å². The number of carbonyl (C=O) groups excluding carboxylic acids is 2. The van der Waals surface area contributed by atoms with Gasteiger partial charge in [0.05, 0.1) is 0 Å². The Hall–Kier alpha value is -0.0600. The van der Waals surface area contributed by atoms with Crippen LogP contribution in [0.25, 0.3) is 0 Å². The average Bonchev–Trinajstić information content (AvgIpc) is 3.06. The lowest BCUT2D eigenvalue weighted by Gasteiger charge is -2.29. The summed E-state index contributed by atoms with van der Waals surface area (Å²) in [5.74, 6) is 0.649. The molecule has 2 aliphatic carbocycles. The third kappa shape index (κ3) is 5.97. The minimum atomic E-state index is -0.547. The molecule has 0 aromatic carbocycles. The van der Waals surface area contributed by atoms with E-state index in [0.29, 0.717) is 11.8 Å². The fourth-order valence-electron chi connectivity index (χ4n) is 3.42. The Morgan fingerprint density at radius 2 is 1.16 bits per heavy atom. The largest absolute Gasteiger partial charge is 0.434 e. The fraction of sp³-hybridized carbons (Fsp3) is 0.867. The summed E-state index contributed by atoms with van der Waals surface area (Å²) in [6.07, 6.45) is 1.65. The summed E-state index contributed by atoms with van der Waals surface area (Å²) < 4.78 is 10.3. The molecule has 2 saturated carbocycles. The second-order valence-corrected chi connectivity index (χ2v) is 9.45. The maximum absolute atomic E-state index is 11.9. The minimum Gasteiger partial charge on any atom is -0.434 e. The van der Waals surface area contributed by atoms with Crippen molar-refractivity contribution >= 4 is 62.7 Å². The quantitative estimate of drug-likeness (QED) is 0.292. The van der Waals surface area contributed by atoms with Gasteiger partial charge in [0, 0.05) is 22.6 Å². The van der Waals surface area contributed by atoms with Crippen LogP contribution in [0.15, 0.2) is 0 Å². The van der Waals surface area contributed by atoms with Crippen molar-refractivity contribution in [2.75, 3.05) is 0 Å². The molecule has 6 nitrogen and oxygen atoms in total. The van der Waals surface area contributed by atoms with Crippen LogP contribution in [0.4, 0.5) is 9.59 Å². The molecule has 0 aromatic heterocycles. The predicted octanol–water partition coefficient (Wildman–Crippen LogP) is 2.75. The van der Waals surface area contributed by atoms with Crippen LogP contribution in [0.3, 0.4) is 0 Å². The highest BCUT2D eigenvalue weighted by Gasteiger charge is 2.47. The Bertz CT molecular complexity index is 452. The molecule has 0 saturated heterocycles. The highest BCUT2D eigenvalue weighted by atomic mass is 32.1. The van der Waals surface area contributed by atoms with Gasteiger partial charge in [-0.25, -0.2) is 9.59 Å². The molecule has 0 spiro atoms. The lowest BCUT2D eigenvalue weighted by atomic mass is 9.91. The molecule has 0 aromatic rings. The van der Waals surface area contributed by atoms with E-state index in [9.17, 15) is 9.59 Å². The highest BCUT2D eigenvalue weighted by molar-refractivity contribution is 7.85. The van der Waals surface area contributed by atoms with Crippen molar-refractivity contribution in [2.24, 2.45) is 11.8 Å². The summed E-state index contributed by atoms with van der Waals surface area (Å²) in [4.78, 5) is 23.8. The van der Waals surface area contributed by atoms with Gasteiger partial charge >= 0.3 is 12.2 Å². The number of rotatable bonds is 6. The van der Waals surface area contributed by atoms with Gasteiger partial charge < -0.3 is 20.1 Å². The van der Waals surface area contributed by atoms with Gasteiger partial charge in [0.15, 0.2) is 10.9 Å². The second-order valence-electron chi connectivity index (χ2n) is 6.80. The molecular weight excluding hydrogens is 400 g/mol. The first-order chi connectivity index (χ1) is 11.7. The van der Waals surface area contributed by atoms with Gasteiger partial charge in [0.25, 0.3) is 0 Å². The van der Waals surface area contributed by atoms with E-state index in [2.05, 4.69) is 61.1 Å². The third-order valence-corrected chi connectivity index (χ3v) is 6.86. The van der Waals surface area contributed by atoms with E-state index in [1.807, 2.05) is 13.8 Å². The molecule has 2 fully saturated rings. The zero-order valence-corrected chi connectivity index (χ0v) is 17.7. The molecule has 144 valence electrons. The molecule has 0 radical (unpaired) electrons. The molecule has 0 aliphatic heterocycles. The van der Waals surface area contributed by atoms with Crippen molar-refractivity contribution in [2.45, 2.75) is 66.6 Å². The first kappa shape index (κ1) is 21.2. The molecule has 2 rings (SSSR count). The van der Waals surface area contributed by atoms with Gasteiger partial charge in [-0.2, -0.15) is 25.3 Å². The summed E-state index contributed by atoms with van der Waals surface area (Å²) in [5, 5.41) is 5.52. The Kier molecular flexibility index (Phi) is 7.84. The van der Waals surface area contributed by atoms with Gasteiger partial charge in [0.2, 0.25) is 0 Å². The van der Waals surface area contributed by atoms with Gasteiger partial charge in [-0.05, 0) is 44.9 Å². The lowest BCUT2D eigenvalue weighted by molar-refractivity contribution is 0.121. The van der Waals surface area contributed by atoms with Crippen molar-refractivity contribution in [3.63, 3.8) is 0 Å². The standard InChI is InChI=1S/C15H26N2O4S4/c1-6(22)12(24)20-14(18)16-10-4-9-3-8(10)5-11(9)17-15(19)21-13(25)7(2)23/h6-13,22-25H,3-5H2,1-2H3,(H,16,18)(H,17,19). The van der Waals surface area contributed by atoms with E-state index in [1.165, 1.54) is 0 Å². The highest BCUT2D eigenvalue weighted by Crippen LogP contribution is 2.44. The van der Waals surface area contributed by atoms with Crippen LogP contribution in [0.2, 0.25) is 0 Å². The zero-order valence-electron chi connectivity index (χ0n) is 14.2. The fourth-order valence-corrected chi connectivity index (χ4v) is 3.73. The average molecular weight is 427 g/mol. The number of carbonyl (C=O) groups is 2. The van der Waals surface area contributed by atoms with Crippen LogP contribution < -0.4 is 10.6 Å². The molecule has 8 atom stereocenters. The SMILES string of the molecule is CC(S)C(S)OC(=O)NC1CC2CC1CC2NC(=O)OC(S)C(C)S. The molecular formula is C15H26N2O4S4. The number of amides is 2. The maximum Gasteiger partial charge on any atom is 0.408 e. The third-order valence-electron chi connectivity index (χ3n) is 4.74. The van der Waals surface area contributed by atoms with Crippen molar-refractivity contribution in [1.82, 2.24) is 10.6 Å². The van der Waals surface area contributed by atoms with Crippen molar-refractivity contribution in [3.8, 4) is 0 Å². The predicted molar refractivity (Wildman–Crippen MR) is 110 cm³/mol. The Labute approximate surface area is 170 Å². The topological polar surface area (TPSA) is 76.7 Å². The van der Waals surface area contributed by atoms with Crippen molar-refractivity contribution in [1.29, 1.82) is 0 Å².